The Hall–Kier alpha value is 0.137. The summed E-state index contributed by atoms with van der Waals surface area (Å²) in [5.41, 5.74) is 0. The highest BCUT2D eigenvalue weighted by Crippen LogP contribution is 2.37. The van der Waals surface area contributed by atoms with E-state index in [-0.39, 0.29) is 23.7 Å². The molecule has 0 aliphatic carbocycles. The number of aliphatic hydroxyl groups is 1. The van der Waals surface area contributed by atoms with Gasteiger partial charge in [0.1, 0.15) is 0 Å². The van der Waals surface area contributed by atoms with Crippen LogP contribution in [0, 0.1) is 5.92 Å². The van der Waals surface area contributed by atoms with E-state index in [4.69, 9.17) is 9.53 Å². The zero-order valence-electron chi connectivity index (χ0n) is 10.7. The van der Waals surface area contributed by atoms with E-state index >= 15 is 0 Å². The van der Waals surface area contributed by atoms with Gasteiger partial charge in [-0.25, -0.2) is 0 Å². The van der Waals surface area contributed by atoms with Gasteiger partial charge >= 0.3 is 0 Å². The normalized spacial score (nSPS) is 18.0. The van der Waals surface area contributed by atoms with E-state index in [2.05, 4.69) is 40.8 Å². The van der Waals surface area contributed by atoms with Crippen molar-refractivity contribution < 1.29 is 9.53 Å². The number of rotatable bonds is 4. The second kappa shape index (κ2) is 4.77. The van der Waals surface area contributed by atoms with Gasteiger partial charge < -0.3 is 9.53 Å². The minimum Gasteiger partial charge on any atom is -0.414 e. The average Bonchev–Trinajstić information content (AvgIpc) is 2.00. The van der Waals surface area contributed by atoms with Crippen LogP contribution in [0.4, 0.5) is 0 Å². The smallest absolute Gasteiger partial charge is 0.192 e. The van der Waals surface area contributed by atoms with Crippen molar-refractivity contribution >= 4 is 8.32 Å². The molecule has 86 valence electrons. The lowest BCUT2D eigenvalue weighted by atomic mass is 10.1. The Morgan fingerprint density at radius 2 is 1.64 bits per heavy atom. The Bertz CT molecular complexity index is 173. The fourth-order valence-corrected chi connectivity index (χ4v) is 2.42. The van der Waals surface area contributed by atoms with Crippen molar-refractivity contribution in [2.45, 2.75) is 58.9 Å². The molecule has 0 rings (SSSR count). The summed E-state index contributed by atoms with van der Waals surface area (Å²) in [5.74, 6) is 0.226. The summed E-state index contributed by atoms with van der Waals surface area (Å²) in [6.07, 6.45) is 0.154. The van der Waals surface area contributed by atoms with E-state index in [1.54, 1.807) is 0 Å². The van der Waals surface area contributed by atoms with Gasteiger partial charge in [-0.05, 0) is 25.1 Å². The van der Waals surface area contributed by atoms with Crippen molar-refractivity contribution in [3.05, 3.63) is 0 Å². The summed E-state index contributed by atoms with van der Waals surface area (Å²) in [5, 5.41) is 9.29. The van der Waals surface area contributed by atoms with Crippen LogP contribution in [0.1, 0.15) is 34.6 Å². The lowest BCUT2D eigenvalue weighted by molar-refractivity contribution is 0.0984. The quantitative estimate of drug-likeness (QED) is 0.735. The van der Waals surface area contributed by atoms with E-state index in [0.717, 1.165) is 0 Å². The van der Waals surface area contributed by atoms with E-state index in [1.165, 1.54) is 0 Å². The highest BCUT2D eigenvalue weighted by Gasteiger charge is 2.38. The van der Waals surface area contributed by atoms with Gasteiger partial charge in [0.15, 0.2) is 8.32 Å². The maximum absolute atomic E-state index is 9.04. The van der Waals surface area contributed by atoms with Crippen molar-refractivity contribution in [3.63, 3.8) is 0 Å². The number of aliphatic hydroxyl groups excluding tert-OH is 1. The number of hydrogen-bond donors (Lipinski definition) is 1. The van der Waals surface area contributed by atoms with Crippen LogP contribution >= 0.6 is 0 Å². The van der Waals surface area contributed by atoms with Crippen molar-refractivity contribution in [3.8, 4) is 0 Å². The SMILES string of the molecule is C[C@@H](CO)[C@@H](C)O[Si](C)(C)C(C)(C)C. The molecule has 3 heteroatoms. The zero-order valence-corrected chi connectivity index (χ0v) is 11.7. The Morgan fingerprint density at radius 1 is 1.21 bits per heavy atom. The molecule has 0 aliphatic rings. The van der Waals surface area contributed by atoms with Gasteiger partial charge in [-0.1, -0.05) is 27.7 Å². The monoisotopic (exact) mass is 218 g/mol. The van der Waals surface area contributed by atoms with Crippen LogP contribution in [0.25, 0.3) is 0 Å². The van der Waals surface area contributed by atoms with Crippen molar-refractivity contribution in [2.24, 2.45) is 5.92 Å². The lowest BCUT2D eigenvalue weighted by Crippen LogP contribution is -2.45. The fourth-order valence-electron chi connectivity index (χ4n) is 0.906. The van der Waals surface area contributed by atoms with Gasteiger partial charge in [0.2, 0.25) is 0 Å². The third-order valence-electron chi connectivity index (χ3n) is 3.38. The first-order chi connectivity index (χ1) is 6.12. The van der Waals surface area contributed by atoms with Gasteiger partial charge in [-0.2, -0.15) is 0 Å². The Labute approximate surface area is 89.8 Å². The van der Waals surface area contributed by atoms with Crippen molar-refractivity contribution in [1.29, 1.82) is 0 Å². The molecule has 0 fully saturated rings. The first-order valence-corrected chi connectivity index (χ1v) is 8.31. The molecule has 14 heavy (non-hydrogen) atoms. The first-order valence-electron chi connectivity index (χ1n) is 5.40. The summed E-state index contributed by atoms with van der Waals surface area (Å²) in [6.45, 7) is 15.5. The van der Waals surface area contributed by atoms with Crippen LogP contribution < -0.4 is 0 Å². The molecule has 0 aromatic carbocycles. The predicted octanol–water partition coefficient (Wildman–Crippen LogP) is 3.03. The molecule has 0 saturated carbocycles. The molecular formula is C11H26O2Si. The third-order valence-corrected chi connectivity index (χ3v) is 7.95. The Balaban J connectivity index is 4.36. The predicted molar refractivity (Wildman–Crippen MR) is 64.0 cm³/mol. The molecule has 0 bridgehead atoms. The molecule has 2 atom stereocenters. The van der Waals surface area contributed by atoms with Gasteiger partial charge in [0, 0.05) is 18.6 Å². The Kier molecular flexibility index (Phi) is 4.82. The number of hydrogen-bond acceptors (Lipinski definition) is 2. The van der Waals surface area contributed by atoms with Gasteiger partial charge in [0.25, 0.3) is 0 Å². The summed E-state index contributed by atoms with van der Waals surface area (Å²) in [6, 6.07) is 0. The molecule has 0 aromatic rings. The fraction of sp³-hybridized carbons (Fsp3) is 1.00. The lowest BCUT2D eigenvalue weighted by Gasteiger charge is -2.39. The summed E-state index contributed by atoms with van der Waals surface area (Å²) < 4.78 is 6.13. The molecule has 0 saturated heterocycles. The maximum atomic E-state index is 9.04. The molecule has 0 amide bonds. The molecule has 0 heterocycles. The summed E-state index contributed by atoms with van der Waals surface area (Å²) in [4.78, 5) is 0. The average molecular weight is 218 g/mol. The topological polar surface area (TPSA) is 29.5 Å². The molecular weight excluding hydrogens is 192 g/mol. The van der Waals surface area contributed by atoms with Gasteiger partial charge in [-0.3, -0.25) is 0 Å². The van der Waals surface area contributed by atoms with Gasteiger partial charge in [-0.15, -0.1) is 0 Å². The van der Waals surface area contributed by atoms with Crippen LogP contribution in [0.5, 0.6) is 0 Å². The largest absolute Gasteiger partial charge is 0.414 e. The van der Waals surface area contributed by atoms with E-state index in [0.29, 0.717) is 0 Å². The Morgan fingerprint density at radius 3 is 1.93 bits per heavy atom. The van der Waals surface area contributed by atoms with Crippen LogP contribution in [-0.2, 0) is 4.43 Å². The molecule has 0 aliphatic heterocycles. The second-order valence-corrected chi connectivity index (χ2v) is 10.5. The summed E-state index contributed by atoms with van der Waals surface area (Å²) in [7, 11) is -1.66. The van der Waals surface area contributed by atoms with Crippen molar-refractivity contribution in [2.75, 3.05) is 6.61 Å². The molecule has 0 unspecified atom stereocenters. The maximum Gasteiger partial charge on any atom is 0.192 e. The highest BCUT2D eigenvalue weighted by molar-refractivity contribution is 6.74. The second-order valence-electron chi connectivity index (χ2n) is 5.74. The molecule has 0 radical (unpaired) electrons. The standard InChI is InChI=1S/C11H26O2Si/c1-9(8-12)10(2)13-14(6,7)11(3,4)5/h9-10,12H,8H2,1-7H3/t9-,10+/m0/s1. The zero-order chi connectivity index (χ0) is 11.6. The minimum absolute atomic E-state index is 0.154. The van der Waals surface area contributed by atoms with E-state index in [1.807, 2.05) is 6.92 Å². The van der Waals surface area contributed by atoms with Crippen LogP contribution in [0.3, 0.4) is 0 Å². The van der Waals surface area contributed by atoms with Crippen LogP contribution in [0.15, 0.2) is 0 Å². The molecule has 2 nitrogen and oxygen atoms in total. The highest BCUT2D eigenvalue weighted by atomic mass is 28.4. The summed E-state index contributed by atoms with van der Waals surface area (Å²) >= 11 is 0. The molecule has 1 N–H and O–H groups in total. The van der Waals surface area contributed by atoms with E-state index in [9.17, 15) is 0 Å². The van der Waals surface area contributed by atoms with Gasteiger partial charge in [0.05, 0.1) is 0 Å². The minimum atomic E-state index is -1.66. The third kappa shape index (κ3) is 3.71. The molecule has 0 aromatic heterocycles. The van der Waals surface area contributed by atoms with Crippen LogP contribution in [0.2, 0.25) is 18.1 Å². The first kappa shape index (κ1) is 14.1. The van der Waals surface area contributed by atoms with E-state index < -0.39 is 8.32 Å². The van der Waals surface area contributed by atoms with Crippen LogP contribution in [-0.4, -0.2) is 26.1 Å². The molecule has 0 spiro atoms. The van der Waals surface area contributed by atoms with Crippen molar-refractivity contribution in [1.82, 2.24) is 0 Å².